The van der Waals surface area contributed by atoms with Crippen molar-refractivity contribution >= 4 is 5.95 Å². The van der Waals surface area contributed by atoms with Gasteiger partial charge in [0.25, 0.3) is 5.56 Å². The van der Waals surface area contributed by atoms with Gasteiger partial charge in [-0.1, -0.05) is 0 Å². The average Bonchev–Trinajstić information content (AvgIpc) is 2.68. The van der Waals surface area contributed by atoms with Crippen molar-refractivity contribution < 1.29 is 0 Å². The molecular weight excluding hydrogens is 154 g/mol. The Morgan fingerprint density at radius 3 is 3.00 bits per heavy atom. The second-order valence-electron chi connectivity index (χ2n) is 3.15. The van der Waals surface area contributed by atoms with E-state index in [1.807, 2.05) is 6.92 Å². The van der Waals surface area contributed by atoms with Crippen molar-refractivity contribution in [1.82, 2.24) is 9.97 Å². The molecule has 0 bridgehead atoms. The van der Waals surface area contributed by atoms with Gasteiger partial charge >= 0.3 is 0 Å². The zero-order valence-corrected chi connectivity index (χ0v) is 6.92. The van der Waals surface area contributed by atoms with E-state index in [1.54, 1.807) is 0 Å². The number of rotatable bonds is 2. The molecule has 0 atom stereocenters. The fourth-order valence-corrected chi connectivity index (χ4v) is 1.07. The quantitative estimate of drug-likeness (QED) is 0.676. The summed E-state index contributed by atoms with van der Waals surface area (Å²) in [6.07, 6.45) is 2.36. The number of hydrogen-bond acceptors (Lipinski definition) is 3. The Kier molecular flexibility index (Phi) is 1.60. The van der Waals surface area contributed by atoms with Crippen molar-refractivity contribution in [1.29, 1.82) is 0 Å². The normalized spacial score (nSPS) is 16.1. The Hall–Kier alpha value is -1.32. The summed E-state index contributed by atoms with van der Waals surface area (Å²) in [5, 5.41) is 3.13. The molecule has 0 aromatic carbocycles. The maximum absolute atomic E-state index is 11.0. The number of hydrogen-bond donors (Lipinski definition) is 2. The van der Waals surface area contributed by atoms with Crippen LogP contribution in [0.25, 0.3) is 0 Å². The number of nitrogens with one attached hydrogen (secondary N) is 2. The van der Waals surface area contributed by atoms with Crippen molar-refractivity contribution in [2.75, 3.05) is 5.32 Å². The van der Waals surface area contributed by atoms with Gasteiger partial charge in [-0.05, 0) is 19.8 Å². The number of H-pyrrole nitrogens is 1. The fourth-order valence-electron chi connectivity index (χ4n) is 1.07. The van der Waals surface area contributed by atoms with Gasteiger partial charge in [-0.3, -0.25) is 9.78 Å². The maximum Gasteiger partial charge on any atom is 0.252 e. The number of anilines is 1. The van der Waals surface area contributed by atoms with Crippen LogP contribution in [0.4, 0.5) is 5.95 Å². The third-order valence-corrected chi connectivity index (χ3v) is 1.79. The van der Waals surface area contributed by atoms with E-state index >= 15 is 0 Å². The molecule has 1 aliphatic rings. The first kappa shape index (κ1) is 7.34. The fraction of sp³-hybridized carbons (Fsp3) is 0.500. The van der Waals surface area contributed by atoms with Crippen LogP contribution in [0.3, 0.4) is 0 Å². The molecule has 0 amide bonds. The lowest BCUT2D eigenvalue weighted by molar-refractivity contribution is 1.01. The molecule has 1 saturated carbocycles. The Balaban J connectivity index is 2.23. The first-order chi connectivity index (χ1) is 5.74. The van der Waals surface area contributed by atoms with Crippen LogP contribution < -0.4 is 10.9 Å². The molecule has 0 radical (unpaired) electrons. The highest BCUT2D eigenvalue weighted by Gasteiger charge is 2.21. The largest absolute Gasteiger partial charge is 0.353 e. The molecule has 4 heteroatoms. The molecule has 0 saturated heterocycles. The van der Waals surface area contributed by atoms with Gasteiger partial charge in [-0.2, -0.15) is 0 Å². The molecule has 0 aliphatic heterocycles. The van der Waals surface area contributed by atoms with Gasteiger partial charge in [0, 0.05) is 17.8 Å². The minimum atomic E-state index is -0.0920. The number of nitrogens with zero attached hydrogens (tertiary/aromatic N) is 1. The molecule has 1 aliphatic carbocycles. The van der Waals surface area contributed by atoms with Crippen LogP contribution in [0.2, 0.25) is 0 Å². The summed E-state index contributed by atoms with van der Waals surface area (Å²) in [6, 6.07) is 2.01. The van der Waals surface area contributed by atoms with Gasteiger partial charge in [-0.25, -0.2) is 4.98 Å². The Labute approximate surface area is 70.0 Å². The molecule has 2 N–H and O–H groups in total. The highest BCUT2D eigenvalue weighted by atomic mass is 16.1. The summed E-state index contributed by atoms with van der Waals surface area (Å²) in [5.41, 5.74) is 0.660. The highest BCUT2D eigenvalue weighted by molar-refractivity contribution is 5.28. The lowest BCUT2D eigenvalue weighted by Crippen LogP contribution is -2.13. The van der Waals surface area contributed by atoms with Crippen LogP contribution in [0, 0.1) is 6.92 Å². The van der Waals surface area contributed by atoms with Crippen LogP contribution in [0.1, 0.15) is 18.5 Å². The minimum Gasteiger partial charge on any atom is -0.353 e. The smallest absolute Gasteiger partial charge is 0.252 e. The molecule has 4 nitrogen and oxygen atoms in total. The molecular formula is C8H11N3O. The van der Waals surface area contributed by atoms with Crippen LogP contribution in [-0.2, 0) is 0 Å². The van der Waals surface area contributed by atoms with Gasteiger partial charge in [0.2, 0.25) is 5.95 Å². The van der Waals surface area contributed by atoms with Crippen molar-refractivity contribution in [3.63, 3.8) is 0 Å². The molecule has 0 unspecified atom stereocenters. The van der Waals surface area contributed by atoms with Crippen LogP contribution in [0.15, 0.2) is 10.9 Å². The molecule has 12 heavy (non-hydrogen) atoms. The number of aromatic amines is 1. The second kappa shape index (κ2) is 2.62. The van der Waals surface area contributed by atoms with Crippen molar-refractivity contribution in [3.8, 4) is 0 Å². The van der Waals surface area contributed by atoms with E-state index in [0.717, 1.165) is 5.69 Å². The SMILES string of the molecule is Cc1cc(=O)[nH]c(NC2CC2)n1. The lowest BCUT2D eigenvalue weighted by Gasteiger charge is -2.02. The molecule has 2 rings (SSSR count). The van der Waals surface area contributed by atoms with E-state index in [0.29, 0.717) is 12.0 Å². The van der Waals surface area contributed by atoms with E-state index < -0.39 is 0 Å². The Morgan fingerprint density at radius 1 is 1.67 bits per heavy atom. The van der Waals surface area contributed by atoms with E-state index in [9.17, 15) is 4.79 Å². The van der Waals surface area contributed by atoms with Gasteiger partial charge in [0.15, 0.2) is 0 Å². The highest BCUT2D eigenvalue weighted by Crippen LogP contribution is 2.22. The summed E-state index contributed by atoms with van der Waals surface area (Å²) in [5.74, 6) is 0.600. The monoisotopic (exact) mass is 165 g/mol. The van der Waals surface area contributed by atoms with E-state index in [2.05, 4.69) is 15.3 Å². The van der Waals surface area contributed by atoms with E-state index in [1.165, 1.54) is 18.9 Å². The predicted molar refractivity (Wildman–Crippen MR) is 46.2 cm³/mol. The first-order valence-electron chi connectivity index (χ1n) is 4.08. The summed E-state index contributed by atoms with van der Waals surface area (Å²) < 4.78 is 0. The summed E-state index contributed by atoms with van der Waals surface area (Å²) in [6.45, 7) is 1.81. The summed E-state index contributed by atoms with van der Waals surface area (Å²) >= 11 is 0. The minimum absolute atomic E-state index is 0.0920. The van der Waals surface area contributed by atoms with E-state index in [-0.39, 0.29) is 5.56 Å². The van der Waals surface area contributed by atoms with Crippen LogP contribution in [0.5, 0.6) is 0 Å². The second-order valence-corrected chi connectivity index (χ2v) is 3.15. The number of aromatic nitrogens is 2. The van der Waals surface area contributed by atoms with E-state index in [4.69, 9.17) is 0 Å². The maximum atomic E-state index is 11.0. The molecule has 1 aromatic heterocycles. The average molecular weight is 165 g/mol. The predicted octanol–water partition coefficient (Wildman–Crippen LogP) is 0.653. The molecule has 0 spiro atoms. The third kappa shape index (κ3) is 1.64. The van der Waals surface area contributed by atoms with Gasteiger partial charge in [0.1, 0.15) is 0 Å². The summed E-state index contributed by atoms with van der Waals surface area (Å²) in [7, 11) is 0. The van der Waals surface area contributed by atoms with Crippen LogP contribution >= 0.6 is 0 Å². The zero-order chi connectivity index (χ0) is 8.55. The third-order valence-electron chi connectivity index (χ3n) is 1.79. The Morgan fingerprint density at radius 2 is 2.42 bits per heavy atom. The van der Waals surface area contributed by atoms with Gasteiger partial charge < -0.3 is 5.32 Å². The molecule has 1 heterocycles. The van der Waals surface area contributed by atoms with Gasteiger partial charge in [-0.15, -0.1) is 0 Å². The van der Waals surface area contributed by atoms with Gasteiger partial charge in [0.05, 0.1) is 0 Å². The summed E-state index contributed by atoms with van der Waals surface area (Å²) in [4.78, 5) is 17.8. The van der Waals surface area contributed by atoms with Crippen LogP contribution in [-0.4, -0.2) is 16.0 Å². The molecule has 64 valence electrons. The number of aryl methyl sites for hydroxylation is 1. The Bertz CT molecular complexity index is 340. The first-order valence-corrected chi connectivity index (χ1v) is 4.08. The topological polar surface area (TPSA) is 57.8 Å². The van der Waals surface area contributed by atoms with Crippen molar-refractivity contribution in [2.24, 2.45) is 0 Å². The lowest BCUT2D eigenvalue weighted by atomic mass is 10.4. The molecule has 1 fully saturated rings. The van der Waals surface area contributed by atoms with Crippen molar-refractivity contribution in [3.05, 3.63) is 22.1 Å². The standard InChI is InChI=1S/C8H11N3O/c1-5-4-7(12)11-8(9-5)10-6-2-3-6/h4,6H,2-3H2,1H3,(H2,9,10,11,12). The van der Waals surface area contributed by atoms with Crippen molar-refractivity contribution in [2.45, 2.75) is 25.8 Å². The zero-order valence-electron chi connectivity index (χ0n) is 6.92. The molecule has 1 aromatic rings.